The molecular formula is C29H32ClN5O6. The van der Waals surface area contributed by atoms with E-state index in [0.29, 0.717) is 30.2 Å². The molecule has 0 spiro atoms. The second kappa shape index (κ2) is 11.7. The molecule has 3 heterocycles. The second-order valence-corrected chi connectivity index (χ2v) is 10.9. The highest BCUT2D eigenvalue weighted by molar-refractivity contribution is 6.31. The number of amides is 4. The average Bonchev–Trinajstić information content (AvgIpc) is 3.58. The quantitative estimate of drug-likeness (QED) is 0.335. The SMILES string of the molecule is CNC(=O)CNC(=O)C1CN(C(=O)Cc2c[nH]c3cc(Cl)ccc23)CC2CN(C(=O)c3ccc(O)c(OC)c3)CC21. The van der Waals surface area contributed by atoms with E-state index in [1.807, 2.05) is 6.07 Å². The Hall–Kier alpha value is -4.25. The Bertz CT molecular complexity index is 1510. The normalized spacial score (nSPS) is 20.0. The molecule has 11 nitrogen and oxygen atoms in total. The molecule has 3 aromatic rings. The first-order valence-corrected chi connectivity index (χ1v) is 13.7. The number of fused-ring (bicyclic) bond motifs is 2. The molecule has 0 radical (unpaired) electrons. The van der Waals surface area contributed by atoms with Crippen molar-refractivity contribution < 1.29 is 29.0 Å². The van der Waals surface area contributed by atoms with E-state index in [4.69, 9.17) is 16.3 Å². The minimum absolute atomic E-state index is 0.0700. The summed E-state index contributed by atoms with van der Waals surface area (Å²) in [5, 5.41) is 16.6. The molecule has 3 atom stereocenters. The highest BCUT2D eigenvalue weighted by Gasteiger charge is 2.47. The molecule has 1 aromatic heterocycles. The number of nitrogens with zero attached hydrogens (tertiary/aromatic N) is 2. The number of carbonyl (C=O) groups is 4. The largest absolute Gasteiger partial charge is 0.504 e. The minimum atomic E-state index is -0.601. The summed E-state index contributed by atoms with van der Waals surface area (Å²) in [6.45, 7) is 1.10. The van der Waals surface area contributed by atoms with Crippen LogP contribution in [0.15, 0.2) is 42.6 Å². The van der Waals surface area contributed by atoms with Crippen LogP contribution >= 0.6 is 11.6 Å². The van der Waals surface area contributed by atoms with E-state index in [1.165, 1.54) is 32.4 Å². The van der Waals surface area contributed by atoms with Crippen LogP contribution in [0.3, 0.4) is 0 Å². The molecule has 4 amide bonds. The van der Waals surface area contributed by atoms with E-state index in [2.05, 4.69) is 15.6 Å². The van der Waals surface area contributed by atoms with Crippen molar-refractivity contribution in [1.29, 1.82) is 0 Å². The van der Waals surface area contributed by atoms with Crippen molar-refractivity contribution in [3.63, 3.8) is 0 Å². The molecule has 4 N–H and O–H groups in total. The van der Waals surface area contributed by atoms with Gasteiger partial charge in [-0.1, -0.05) is 17.7 Å². The van der Waals surface area contributed by atoms with Crippen LogP contribution in [0.4, 0.5) is 0 Å². The fourth-order valence-corrected chi connectivity index (χ4v) is 6.05. The zero-order valence-electron chi connectivity index (χ0n) is 22.8. The van der Waals surface area contributed by atoms with Crippen LogP contribution in [0, 0.1) is 17.8 Å². The number of likely N-dealkylation sites (N-methyl/N-ethyl adjacent to an activating group) is 1. The molecule has 2 aliphatic rings. The summed E-state index contributed by atoms with van der Waals surface area (Å²) in [6.07, 6.45) is 1.93. The van der Waals surface area contributed by atoms with Crippen molar-refractivity contribution in [2.24, 2.45) is 17.8 Å². The first kappa shape index (κ1) is 28.3. The van der Waals surface area contributed by atoms with Crippen molar-refractivity contribution in [3.05, 3.63) is 58.7 Å². The van der Waals surface area contributed by atoms with Gasteiger partial charge in [0.05, 0.1) is 26.0 Å². The number of rotatable bonds is 7. The Morgan fingerprint density at radius 1 is 1.07 bits per heavy atom. The number of halogens is 1. The molecule has 2 fully saturated rings. The van der Waals surface area contributed by atoms with E-state index in [-0.39, 0.29) is 66.5 Å². The summed E-state index contributed by atoms with van der Waals surface area (Å²) in [5.41, 5.74) is 2.02. The van der Waals surface area contributed by atoms with Crippen LogP contribution in [0.25, 0.3) is 10.9 Å². The zero-order chi connectivity index (χ0) is 29.3. The minimum Gasteiger partial charge on any atom is -0.504 e. The Labute approximate surface area is 241 Å². The molecular weight excluding hydrogens is 550 g/mol. The Kier molecular flexibility index (Phi) is 8.07. The standard InChI is InChI=1S/C29H32ClN5O6/c1-31-26(37)11-33-28(39)22-15-34(27(38)8-17-10-32-23-9-19(30)4-5-20(17)23)12-18-13-35(14-21(18)22)29(40)16-3-6-24(36)25(7-16)41-2/h3-7,9-10,18,21-22,32,36H,8,11-15H2,1-2H3,(H,31,37)(H,33,39). The molecule has 0 aliphatic carbocycles. The number of carbonyl (C=O) groups excluding carboxylic acids is 4. The third kappa shape index (κ3) is 5.81. The molecule has 2 saturated heterocycles. The molecule has 216 valence electrons. The van der Waals surface area contributed by atoms with Crippen LogP contribution in [0.5, 0.6) is 11.5 Å². The maximum Gasteiger partial charge on any atom is 0.254 e. The highest BCUT2D eigenvalue weighted by atomic mass is 35.5. The van der Waals surface area contributed by atoms with Crippen LogP contribution < -0.4 is 15.4 Å². The Morgan fingerprint density at radius 3 is 2.61 bits per heavy atom. The molecule has 12 heteroatoms. The van der Waals surface area contributed by atoms with Crippen molar-refractivity contribution >= 4 is 46.1 Å². The predicted molar refractivity (Wildman–Crippen MR) is 152 cm³/mol. The van der Waals surface area contributed by atoms with E-state index < -0.39 is 5.92 Å². The summed E-state index contributed by atoms with van der Waals surface area (Å²) >= 11 is 6.10. The van der Waals surface area contributed by atoms with Gasteiger partial charge in [0.15, 0.2) is 11.5 Å². The molecule has 41 heavy (non-hydrogen) atoms. The highest BCUT2D eigenvalue weighted by Crippen LogP contribution is 2.37. The third-order valence-corrected chi connectivity index (χ3v) is 8.29. The summed E-state index contributed by atoms with van der Waals surface area (Å²) in [7, 11) is 2.90. The van der Waals surface area contributed by atoms with Gasteiger partial charge in [-0.2, -0.15) is 0 Å². The van der Waals surface area contributed by atoms with E-state index >= 15 is 0 Å². The topological polar surface area (TPSA) is 144 Å². The van der Waals surface area contributed by atoms with Crippen molar-refractivity contribution in [2.45, 2.75) is 6.42 Å². The number of methoxy groups -OCH3 is 1. The van der Waals surface area contributed by atoms with E-state index in [9.17, 15) is 24.3 Å². The number of hydrogen-bond acceptors (Lipinski definition) is 6. The van der Waals surface area contributed by atoms with E-state index in [0.717, 1.165) is 16.5 Å². The van der Waals surface area contributed by atoms with Gasteiger partial charge in [0.1, 0.15) is 0 Å². The van der Waals surface area contributed by atoms with Gasteiger partial charge in [-0.05, 0) is 47.7 Å². The van der Waals surface area contributed by atoms with Gasteiger partial charge in [0.25, 0.3) is 5.91 Å². The number of aromatic hydroxyl groups is 1. The lowest BCUT2D eigenvalue weighted by Gasteiger charge is -2.39. The monoisotopic (exact) mass is 581 g/mol. The van der Waals surface area contributed by atoms with Gasteiger partial charge in [-0.3, -0.25) is 19.2 Å². The first-order valence-electron chi connectivity index (χ1n) is 13.4. The van der Waals surface area contributed by atoms with Gasteiger partial charge in [-0.15, -0.1) is 0 Å². The maximum absolute atomic E-state index is 13.6. The molecule has 0 bridgehead atoms. The van der Waals surface area contributed by atoms with Gasteiger partial charge in [0.2, 0.25) is 17.7 Å². The van der Waals surface area contributed by atoms with Crippen LogP contribution in [0.2, 0.25) is 5.02 Å². The summed E-state index contributed by atoms with van der Waals surface area (Å²) in [6, 6.07) is 9.87. The van der Waals surface area contributed by atoms with Crippen molar-refractivity contribution in [3.8, 4) is 11.5 Å². The van der Waals surface area contributed by atoms with Gasteiger partial charge < -0.3 is 35.3 Å². The lowest BCUT2D eigenvalue weighted by atomic mass is 9.79. The van der Waals surface area contributed by atoms with Gasteiger partial charge in [-0.25, -0.2) is 0 Å². The number of phenols is 1. The van der Waals surface area contributed by atoms with Crippen LogP contribution in [-0.4, -0.2) is 90.4 Å². The fourth-order valence-electron chi connectivity index (χ4n) is 5.88. The van der Waals surface area contributed by atoms with Crippen LogP contribution in [-0.2, 0) is 20.8 Å². The Balaban J connectivity index is 1.36. The van der Waals surface area contributed by atoms with Crippen LogP contribution in [0.1, 0.15) is 15.9 Å². The van der Waals surface area contributed by atoms with E-state index in [1.54, 1.807) is 28.1 Å². The zero-order valence-corrected chi connectivity index (χ0v) is 23.5. The summed E-state index contributed by atoms with van der Waals surface area (Å²) < 4.78 is 5.15. The number of aromatic amines is 1. The van der Waals surface area contributed by atoms with Gasteiger partial charge >= 0.3 is 0 Å². The number of likely N-dealkylation sites (tertiary alicyclic amines) is 2. The lowest BCUT2D eigenvalue weighted by Crippen LogP contribution is -2.54. The summed E-state index contributed by atoms with van der Waals surface area (Å²) in [4.78, 5) is 58.6. The number of piperidine rings is 1. The molecule has 2 aliphatic heterocycles. The number of aromatic nitrogens is 1. The predicted octanol–water partition coefficient (Wildman–Crippen LogP) is 1.79. The smallest absolute Gasteiger partial charge is 0.254 e. The Morgan fingerprint density at radius 2 is 1.85 bits per heavy atom. The summed E-state index contributed by atoms with van der Waals surface area (Å²) in [5.74, 6) is -1.85. The third-order valence-electron chi connectivity index (χ3n) is 8.06. The number of nitrogens with one attached hydrogen (secondary N) is 3. The number of phenolic OH excluding ortho intramolecular Hbond substituents is 1. The average molecular weight is 582 g/mol. The fraction of sp³-hybridized carbons (Fsp3) is 0.379. The number of H-pyrrole nitrogens is 1. The number of benzene rings is 2. The molecule has 0 saturated carbocycles. The van der Waals surface area contributed by atoms with Crippen molar-refractivity contribution in [2.75, 3.05) is 46.9 Å². The lowest BCUT2D eigenvalue weighted by molar-refractivity contribution is -0.139. The number of ether oxygens (including phenoxy) is 1. The first-order chi connectivity index (χ1) is 19.7. The molecule has 5 rings (SSSR count). The van der Waals surface area contributed by atoms with Gasteiger partial charge in [0, 0.05) is 60.9 Å². The molecule has 3 unspecified atom stereocenters. The van der Waals surface area contributed by atoms with Crippen molar-refractivity contribution in [1.82, 2.24) is 25.4 Å². The number of hydrogen-bond donors (Lipinski definition) is 4. The second-order valence-electron chi connectivity index (χ2n) is 10.5. The molecule has 2 aromatic carbocycles. The maximum atomic E-state index is 13.6.